The SMILES string of the molecule is Cc1cc(F)ccc1S(=O)(=O)N(CCCl)C1CCCC1. The van der Waals surface area contributed by atoms with Crippen LogP contribution < -0.4 is 0 Å². The Bertz CT molecular complexity index is 571. The summed E-state index contributed by atoms with van der Waals surface area (Å²) >= 11 is 5.77. The number of benzene rings is 1. The van der Waals surface area contributed by atoms with Gasteiger partial charge in [-0.3, -0.25) is 0 Å². The lowest BCUT2D eigenvalue weighted by Crippen LogP contribution is -2.40. The number of nitrogens with zero attached hydrogens (tertiary/aromatic N) is 1. The molecule has 1 saturated carbocycles. The van der Waals surface area contributed by atoms with Gasteiger partial charge in [0.2, 0.25) is 10.0 Å². The number of sulfonamides is 1. The summed E-state index contributed by atoms with van der Waals surface area (Å²) in [5.41, 5.74) is 0.433. The standard InChI is InChI=1S/C14H19ClFNO2S/c1-11-10-12(16)6-7-14(11)20(18,19)17(9-8-15)13-4-2-3-5-13/h6-7,10,13H,2-5,8-9H2,1H3. The topological polar surface area (TPSA) is 37.4 Å². The molecule has 0 radical (unpaired) electrons. The van der Waals surface area contributed by atoms with E-state index in [1.54, 1.807) is 6.92 Å². The lowest BCUT2D eigenvalue weighted by Gasteiger charge is -2.28. The van der Waals surface area contributed by atoms with Gasteiger partial charge >= 0.3 is 0 Å². The van der Waals surface area contributed by atoms with Crippen LogP contribution in [0, 0.1) is 12.7 Å². The highest BCUT2D eigenvalue weighted by atomic mass is 35.5. The van der Waals surface area contributed by atoms with E-state index in [0.29, 0.717) is 12.1 Å². The van der Waals surface area contributed by atoms with Crippen LogP contribution in [0.4, 0.5) is 4.39 Å². The molecule has 0 atom stereocenters. The predicted octanol–water partition coefficient (Wildman–Crippen LogP) is 3.31. The maximum absolute atomic E-state index is 13.2. The highest BCUT2D eigenvalue weighted by molar-refractivity contribution is 7.89. The first-order chi connectivity index (χ1) is 9.46. The molecule has 1 fully saturated rings. The van der Waals surface area contributed by atoms with E-state index in [9.17, 15) is 12.8 Å². The second kappa shape index (κ2) is 6.41. The molecule has 0 aromatic heterocycles. The molecule has 112 valence electrons. The summed E-state index contributed by atoms with van der Waals surface area (Å²) in [5.74, 6) is -0.165. The number of alkyl halides is 1. The summed E-state index contributed by atoms with van der Waals surface area (Å²) in [6, 6.07) is 3.80. The van der Waals surface area contributed by atoms with Crippen LogP contribution in [0.15, 0.2) is 23.1 Å². The molecule has 0 spiro atoms. The Morgan fingerprint density at radius 1 is 1.35 bits per heavy atom. The van der Waals surface area contributed by atoms with E-state index < -0.39 is 15.8 Å². The second-order valence-electron chi connectivity index (χ2n) is 5.15. The molecule has 20 heavy (non-hydrogen) atoms. The summed E-state index contributed by atoms with van der Waals surface area (Å²) < 4.78 is 40.2. The van der Waals surface area contributed by atoms with Crippen molar-refractivity contribution in [2.24, 2.45) is 0 Å². The summed E-state index contributed by atoms with van der Waals surface area (Å²) in [7, 11) is -3.61. The minimum Gasteiger partial charge on any atom is -0.207 e. The summed E-state index contributed by atoms with van der Waals surface area (Å²) in [4.78, 5) is 0.177. The first kappa shape index (κ1) is 15.7. The normalized spacial score (nSPS) is 17.0. The number of rotatable bonds is 5. The molecule has 0 N–H and O–H groups in total. The maximum atomic E-state index is 13.2. The van der Waals surface area contributed by atoms with Gasteiger partial charge in [0, 0.05) is 18.5 Å². The minimum atomic E-state index is -3.61. The number of hydrogen-bond acceptors (Lipinski definition) is 2. The molecule has 1 aliphatic rings. The quantitative estimate of drug-likeness (QED) is 0.781. The largest absolute Gasteiger partial charge is 0.243 e. The van der Waals surface area contributed by atoms with Gasteiger partial charge in [0.05, 0.1) is 4.90 Å². The van der Waals surface area contributed by atoms with Crippen molar-refractivity contribution in [3.05, 3.63) is 29.6 Å². The second-order valence-corrected chi connectivity index (χ2v) is 7.39. The fraction of sp³-hybridized carbons (Fsp3) is 0.571. The van der Waals surface area contributed by atoms with E-state index in [0.717, 1.165) is 25.7 Å². The van der Waals surface area contributed by atoms with Gasteiger partial charge in [-0.05, 0) is 43.5 Å². The Morgan fingerprint density at radius 3 is 2.55 bits per heavy atom. The van der Waals surface area contributed by atoms with Crippen LogP contribution in [0.1, 0.15) is 31.2 Å². The van der Waals surface area contributed by atoms with Crippen LogP contribution in [0.3, 0.4) is 0 Å². The average Bonchev–Trinajstić information content (AvgIpc) is 2.88. The van der Waals surface area contributed by atoms with Crippen molar-refractivity contribution < 1.29 is 12.8 Å². The Labute approximate surface area is 124 Å². The van der Waals surface area contributed by atoms with E-state index in [-0.39, 0.29) is 16.8 Å². The fourth-order valence-corrected chi connectivity index (χ4v) is 4.98. The Morgan fingerprint density at radius 2 is 2.00 bits per heavy atom. The van der Waals surface area contributed by atoms with Crippen LogP contribution in [0.25, 0.3) is 0 Å². The number of halogens is 2. The first-order valence-electron chi connectivity index (χ1n) is 6.81. The van der Waals surface area contributed by atoms with Gasteiger partial charge in [-0.25, -0.2) is 12.8 Å². The summed E-state index contributed by atoms with van der Waals surface area (Å²) in [5, 5.41) is 0. The summed E-state index contributed by atoms with van der Waals surface area (Å²) in [6.45, 7) is 1.91. The lowest BCUT2D eigenvalue weighted by molar-refractivity contribution is 0.336. The molecule has 0 unspecified atom stereocenters. The van der Waals surface area contributed by atoms with E-state index in [1.165, 1.54) is 22.5 Å². The minimum absolute atomic E-state index is 0.0169. The van der Waals surface area contributed by atoms with Gasteiger partial charge in [-0.2, -0.15) is 4.31 Å². The molecule has 6 heteroatoms. The first-order valence-corrected chi connectivity index (χ1v) is 8.78. The Balaban J connectivity index is 2.39. The fourth-order valence-electron chi connectivity index (χ4n) is 2.80. The molecule has 0 amide bonds. The van der Waals surface area contributed by atoms with Gasteiger partial charge in [0.25, 0.3) is 0 Å². The molecule has 3 nitrogen and oxygen atoms in total. The van der Waals surface area contributed by atoms with Crippen molar-refractivity contribution in [2.75, 3.05) is 12.4 Å². The number of aryl methyl sites for hydroxylation is 1. The molecular weight excluding hydrogens is 301 g/mol. The predicted molar refractivity (Wildman–Crippen MR) is 78.0 cm³/mol. The van der Waals surface area contributed by atoms with Crippen molar-refractivity contribution in [2.45, 2.75) is 43.5 Å². The average molecular weight is 320 g/mol. The van der Waals surface area contributed by atoms with Crippen molar-refractivity contribution in [1.29, 1.82) is 0 Å². The highest BCUT2D eigenvalue weighted by Gasteiger charge is 2.33. The van der Waals surface area contributed by atoms with Crippen LogP contribution >= 0.6 is 11.6 Å². The zero-order valence-corrected chi connectivity index (χ0v) is 13.1. The van der Waals surface area contributed by atoms with E-state index in [1.807, 2.05) is 0 Å². The molecule has 1 aromatic rings. The van der Waals surface area contributed by atoms with Crippen molar-refractivity contribution in [3.8, 4) is 0 Å². The van der Waals surface area contributed by atoms with Crippen molar-refractivity contribution >= 4 is 21.6 Å². The molecule has 0 aliphatic heterocycles. The van der Waals surface area contributed by atoms with Crippen LogP contribution in [0.5, 0.6) is 0 Å². The monoisotopic (exact) mass is 319 g/mol. The smallest absolute Gasteiger partial charge is 0.207 e. The maximum Gasteiger partial charge on any atom is 0.243 e. The zero-order valence-electron chi connectivity index (χ0n) is 11.5. The zero-order chi connectivity index (χ0) is 14.8. The Kier molecular flexibility index (Phi) is 5.04. The Hall–Kier alpha value is -0.650. The van der Waals surface area contributed by atoms with Crippen LogP contribution in [0.2, 0.25) is 0 Å². The van der Waals surface area contributed by atoms with Crippen molar-refractivity contribution in [3.63, 3.8) is 0 Å². The van der Waals surface area contributed by atoms with E-state index in [2.05, 4.69) is 0 Å². The van der Waals surface area contributed by atoms with Gasteiger partial charge in [0.1, 0.15) is 5.82 Å². The van der Waals surface area contributed by atoms with Gasteiger partial charge < -0.3 is 0 Å². The molecule has 1 aromatic carbocycles. The van der Waals surface area contributed by atoms with Crippen LogP contribution in [-0.4, -0.2) is 31.2 Å². The molecule has 0 bridgehead atoms. The van der Waals surface area contributed by atoms with E-state index >= 15 is 0 Å². The lowest BCUT2D eigenvalue weighted by atomic mass is 10.2. The molecular formula is C14H19ClFNO2S. The molecule has 0 saturated heterocycles. The number of hydrogen-bond donors (Lipinski definition) is 0. The van der Waals surface area contributed by atoms with Gasteiger partial charge in [-0.1, -0.05) is 12.8 Å². The molecule has 1 aliphatic carbocycles. The highest BCUT2D eigenvalue weighted by Crippen LogP contribution is 2.29. The van der Waals surface area contributed by atoms with Gasteiger partial charge in [-0.15, -0.1) is 11.6 Å². The van der Waals surface area contributed by atoms with Gasteiger partial charge in [0.15, 0.2) is 0 Å². The molecule has 0 heterocycles. The third-order valence-electron chi connectivity index (χ3n) is 3.76. The van der Waals surface area contributed by atoms with E-state index in [4.69, 9.17) is 11.6 Å². The molecule has 2 rings (SSSR count). The summed E-state index contributed by atoms with van der Waals surface area (Å²) in [6.07, 6.45) is 3.83. The third kappa shape index (κ3) is 3.15. The third-order valence-corrected chi connectivity index (χ3v) is 6.04. The van der Waals surface area contributed by atoms with Crippen LogP contribution in [-0.2, 0) is 10.0 Å². The van der Waals surface area contributed by atoms with Crippen molar-refractivity contribution in [1.82, 2.24) is 4.31 Å².